The van der Waals surface area contributed by atoms with Crippen LogP contribution in [-0.2, 0) is 6.54 Å². The summed E-state index contributed by atoms with van der Waals surface area (Å²) in [5, 5.41) is 10.2. The second-order valence-corrected chi connectivity index (χ2v) is 6.20. The van der Waals surface area contributed by atoms with Crippen molar-refractivity contribution in [3.63, 3.8) is 0 Å². The van der Waals surface area contributed by atoms with Gasteiger partial charge in [0.2, 0.25) is 0 Å². The molecule has 1 aromatic heterocycles. The Morgan fingerprint density at radius 2 is 2.13 bits per heavy atom. The average molecular weight is 314 g/mol. The lowest BCUT2D eigenvalue weighted by Gasteiger charge is -2.30. The topological polar surface area (TPSA) is 37.6 Å². The first-order valence-electron chi connectivity index (χ1n) is 8.50. The minimum Gasteiger partial charge on any atom is -0.504 e. The zero-order chi connectivity index (χ0) is 16.2. The molecule has 0 radical (unpaired) electrons. The molecule has 4 nitrogen and oxygen atoms in total. The summed E-state index contributed by atoms with van der Waals surface area (Å²) in [7, 11) is 1.58. The summed E-state index contributed by atoms with van der Waals surface area (Å²) >= 11 is 0. The number of nitrogens with zero attached hydrogens (tertiary/aromatic N) is 2. The van der Waals surface area contributed by atoms with Gasteiger partial charge in [-0.05, 0) is 49.2 Å². The molecule has 124 valence electrons. The predicted octanol–water partition coefficient (Wildman–Crippen LogP) is 3.80. The van der Waals surface area contributed by atoms with Crippen molar-refractivity contribution in [1.82, 2.24) is 9.47 Å². The quantitative estimate of drug-likeness (QED) is 0.912. The molecule has 0 bridgehead atoms. The van der Waals surface area contributed by atoms with Gasteiger partial charge in [-0.1, -0.05) is 19.4 Å². The van der Waals surface area contributed by atoms with E-state index in [0.717, 1.165) is 31.6 Å². The monoisotopic (exact) mass is 314 g/mol. The van der Waals surface area contributed by atoms with E-state index in [0.29, 0.717) is 5.75 Å². The highest BCUT2D eigenvalue weighted by Gasteiger charge is 2.27. The van der Waals surface area contributed by atoms with Crippen LogP contribution in [0.25, 0.3) is 0 Å². The van der Waals surface area contributed by atoms with E-state index in [2.05, 4.69) is 40.8 Å². The highest BCUT2D eigenvalue weighted by Crippen LogP contribution is 2.36. The van der Waals surface area contributed by atoms with Crippen molar-refractivity contribution < 1.29 is 9.84 Å². The highest BCUT2D eigenvalue weighted by atomic mass is 16.5. The number of fused-ring (bicyclic) bond motifs is 1. The van der Waals surface area contributed by atoms with E-state index >= 15 is 0 Å². The second kappa shape index (κ2) is 7.09. The Balaban J connectivity index is 2.01. The van der Waals surface area contributed by atoms with Gasteiger partial charge in [0.25, 0.3) is 0 Å². The zero-order valence-electron chi connectivity index (χ0n) is 14.0. The minimum atomic E-state index is 0.191. The molecule has 1 N–H and O–H groups in total. The Hall–Kier alpha value is -1.94. The molecule has 0 saturated carbocycles. The maximum absolute atomic E-state index is 10.2. The Bertz CT molecular complexity index is 651. The normalized spacial score (nSPS) is 18.4. The lowest BCUT2D eigenvalue weighted by molar-refractivity contribution is 0.225. The minimum absolute atomic E-state index is 0.191. The van der Waals surface area contributed by atoms with E-state index < -0.39 is 0 Å². The molecule has 2 aromatic rings. The van der Waals surface area contributed by atoms with Crippen LogP contribution in [0.2, 0.25) is 0 Å². The SMILES string of the molecule is CCCCN1CCCn2cccc2C1c1ccc(OC)c(O)c1. The molecule has 0 aliphatic carbocycles. The fourth-order valence-electron chi connectivity index (χ4n) is 3.50. The van der Waals surface area contributed by atoms with Crippen LogP contribution in [-0.4, -0.2) is 34.8 Å². The number of benzene rings is 1. The lowest BCUT2D eigenvalue weighted by atomic mass is 10.0. The zero-order valence-corrected chi connectivity index (χ0v) is 14.0. The van der Waals surface area contributed by atoms with Gasteiger partial charge in [0.05, 0.1) is 13.2 Å². The molecule has 1 aliphatic heterocycles. The predicted molar refractivity (Wildman–Crippen MR) is 92.0 cm³/mol. The number of methoxy groups -OCH3 is 1. The van der Waals surface area contributed by atoms with Crippen molar-refractivity contribution in [2.45, 2.75) is 38.8 Å². The Labute approximate surface area is 138 Å². The molecule has 0 fully saturated rings. The van der Waals surface area contributed by atoms with Gasteiger partial charge in [-0.3, -0.25) is 4.90 Å². The third-order valence-electron chi connectivity index (χ3n) is 4.67. The Morgan fingerprint density at radius 3 is 2.87 bits per heavy atom. The first-order chi connectivity index (χ1) is 11.2. The van der Waals surface area contributed by atoms with Gasteiger partial charge in [-0.2, -0.15) is 0 Å². The van der Waals surface area contributed by atoms with Crippen LogP contribution in [0.3, 0.4) is 0 Å². The summed E-state index contributed by atoms with van der Waals surface area (Å²) in [6.07, 6.45) is 5.70. The summed E-state index contributed by atoms with van der Waals surface area (Å²) in [5.41, 5.74) is 2.43. The summed E-state index contributed by atoms with van der Waals surface area (Å²) in [6.45, 7) is 5.45. The molecule has 4 heteroatoms. The van der Waals surface area contributed by atoms with E-state index in [-0.39, 0.29) is 11.8 Å². The third kappa shape index (κ3) is 3.22. The number of aromatic nitrogens is 1. The first kappa shape index (κ1) is 15.9. The van der Waals surface area contributed by atoms with Crippen LogP contribution in [0.4, 0.5) is 0 Å². The van der Waals surface area contributed by atoms with Gasteiger partial charge in [-0.15, -0.1) is 0 Å². The number of aromatic hydroxyl groups is 1. The Kier molecular flexibility index (Phi) is 4.91. The summed E-state index contributed by atoms with van der Waals surface area (Å²) in [4.78, 5) is 2.55. The largest absolute Gasteiger partial charge is 0.504 e. The lowest BCUT2D eigenvalue weighted by Crippen LogP contribution is -2.30. The van der Waals surface area contributed by atoms with Gasteiger partial charge in [0.1, 0.15) is 0 Å². The third-order valence-corrected chi connectivity index (χ3v) is 4.67. The van der Waals surface area contributed by atoms with Crippen molar-refractivity contribution in [3.8, 4) is 11.5 Å². The van der Waals surface area contributed by atoms with Crippen LogP contribution in [0.5, 0.6) is 11.5 Å². The molecule has 2 heterocycles. The molecule has 0 saturated heterocycles. The average Bonchev–Trinajstić information content (AvgIpc) is 2.94. The number of rotatable bonds is 5. The molecular weight excluding hydrogens is 288 g/mol. The van der Waals surface area contributed by atoms with Gasteiger partial charge in [0.15, 0.2) is 11.5 Å². The van der Waals surface area contributed by atoms with Gasteiger partial charge in [-0.25, -0.2) is 0 Å². The fourth-order valence-corrected chi connectivity index (χ4v) is 3.50. The van der Waals surface area contributed by atoms with Gasteiger partial charge >= 0.3 is 0 Å². The Morgan fingerprint density at radius 1 is 1.26 bits per heavy atom. The smallest absolute Gasteiger partial charge is 0.160 e. The summed E-state index contributed by atoms with van der Waals surface area (Å²) < 4.78 is 7.53. The number of aryl methyl sites for hydroxylation is 1. The number of phenols is 1. The van der Waals surface area contributed by atoms with Crippen molar-refractivity contribution in [2.75, 3.05) is 20.2 Å². The van der Waals surface area contributed by atoms with E-state index in [1.165, 1.54) is 18.5 Å². The maximum Gasteiger partial charge on any atom is 0.160 e. The van der Waals surface area contributed by atoms with E-state index in [1.807, 2.05) is 12.1 Å². The molecule has 1 unspecified atom stereocenters. The van der Waals surface area contributed by atoms with Crippen LogP contribution >= 0.6 is 0 Å². The van der Waals surface area contributed by atoms with Crippen LogP contribution in [0, 0.1) is 0 Å². The molecule has 23 heavy (non-hydrogen) atoms. The molecule has 1 atom stereocenters. The molecular formula is C19H26N2O2. The van der Waals surface area contributed by atoms with Crippen molar-refractivity contribution in [2.24, 2.45) is 0 Å². The number of phenolic OH excluding ortho intramolecular Hbond substituents is 1. The van der Waals surface area contributed by atoms with Gasteiger partial charge < -0.3 is 14.4 Å². The molecule has 0 amide bonds. The number of unbranched alkanes of at least 4 members (excludes halogenated alkanes) is 1. The highest BCUT2D eigenvalue weighted by molar-refractivity contribution is 5.44. The fraction of sp³-hybridized carbons (Fsp3) is 0.474. The maximum atomic E-state index is 10.2. The van der Waals surface area contributed by atoms with Crippen LogP contribution < -0.4 is 4.74 Å². The first-order valence-corrected chi connectivity index (χ1v) is 8.50. The molecule has 0 spiro atoms. The van der Waals surface area contributed by atoms with E-state index in [9.17, 15) is 5.11 Å². The van der Waals surface area contributed by atoms with Gasteiger partial charge in [0, 0.05) is 25.0 Å². The molecule has 1 aliphatic rings. The van der Waals surface area contributed by atoms with Crippen molar-refractivity contribution in [3.05, 3.63) is 47.8 Å². The summed E-state index contributed by atoms with van der Waals surface area (Å²) in [6, 6.07) is 10.3. The number of hydrogen-bond donors (Lipinski definition) is 1. The standard InChI is InChI=1S/C19H26N2O2/c1-3-4-10-21-13-6-12-20-11-5-7-16(20)19(21)15-8-9-18(23-2)17(22)14-15/h5,7-9,11,14,19,22H,3-4,6,10,12-13H2,1-2H3. The second-order valence-electron chi connectivity index (χ2n) is 6.20. The number of hydrogen-bond acceptors (Lipinski definition) is 3. The van der Waals surface area contributed by atoms with Crippen LogP contribution in [0.1, 0.15) is 43.5 Å². The summed E-state index contributed by atoms with van der Waals surface area (Å²) in [5.74, 6) is 0.737. The van der Waals surface area contributed by atoms with Crippen molar-refractivity contribution >= 4 is 0 Å². The van der Waals surface area contributed by atoms with Crippen LogP contribution in [0.15, 0.2) is 36.5 Å². The van der Waals surface area contributed by atoms with Crippen molar-refractivity contribution in [1.29, 1.82) is 0 Å². The molecule has 3 rings (SSSR count). The van der Waals surface area contributed by atoms with E-state index in [4.69, 9.17) is 4.74 Å². The molecule has 1 aromatic carbocycles. The number of ether oxygens (including phenoxy) is 1. The van der Waals surface area contributed by atoms with E-state index in [1.54, 1.807) is 7.11 Å².